The van der Waals surface area contributed by atoms with E-state index < -0.39 is 4.92 Å². The van der Waals surface area contributed by atoms with Crippen LogP contribution in [0.2, 0.25) is 0 Å². The number of thiol groups is 1. The van der Waals surface area contributed by atoms with Crippen molar-refractivity contribution in [2.45, 2.75) is 29.2 Å². The van der Waals surface area contributed by atoms with Crippen LogP contribution in [0.1, 0.15) is 12.0 Å². The maximum Gasteiger partial charge on any atom is 0.410 e. The summed E-state index contributed by atoms with van der Waals surface area (Å²) >= 11 is 6.19. The molecule has 1 aromatic heterocycles. The number of hydrogen-bond acceptors (Lipinski definition) is 7. The molecule has 0 spiro atoms. The van der Waals surface area contributed by atoms with E-state index >= 15 is 0 Å². The van der Waals surface area contributed by atoms with Gasteiger partial charge in [0.25, 0.3) is 5.69 Å². The fourth-order valence-corrected chi connectivity index (χ4v) is 4.28. The van der Waals surface area contributed by atoms with Crippen LogP contribution in [0.15, 0.2) is 53.7 Å². The van der Waals surface area contributed by atoms with E-state index in [0.717, 1.165) is 17.1 Å². The first-order valence-electron chi connectivity index (χ1n) is 8.40. The molecular formula is C18H19N3O4S2. The van der Waals surface area contributed by atoms with E-state index in [9.17, 15) is 14.9 Å². The van der Waals surface area contributed by atoms with Crippen molar-refractivity contribution in [1.29, 1.82) is 0 Å². The summed E-state index contributed by atoms with van der Waals surface area (Å²) in [5.74, 6) is 0.758. The minimum atomic E-state index is -0.460. The van der Waals surface area contributed by atoms with E-state index in [1.165, 1.54) is 12.1 Å². The smallest absolute Gasteiger partial charge is 0.410 e. The Morgan fingerprint density at radius 1 is 1.30 bits per heavy atom. The Kier molecular flexibility index (Phi) is 6.57. The van der Waals surface area contributed by atoms with Gasteiger partial charge < -0.3 is 9.64 Å². The number of ether oxygens (including phenoxy) is 1. The summed E-state index contributed by atoms with van der Waals surface area (Å²) in [6.07, 6.45) is 3.92. The highest BCUT2D eigenvalue weighted by atomic mass is 32.2. The van der Waals surface area contributed by atoms with Crippen LogP contribution in [0, 0.1) is 10.1 Å². The van der Waals surface area contributed by atoms with Gasteiger partial charge in [0, 0.05) is 53.0 Å². The molecule has 1 saturated heterocycles. The van der Waals surface area contributed by atoms with Gasteiger partial charge in [-0.25, -0.2) is 4.79 Å². The van der Waals surface area contributed by atoms with E-state index in [1.54, 1.807) is 41.2 Å². The molecule has 7 nitrogen and oxygen atoms in total. The fourth-order valence-electron chi connectivity index (χ4n) is 2.84. The third-order valence-corrected chi connectivity index (χ3v) is 5.76. The number of nitrogens with zero attached hydrogens (tertiary/aromatic N) is 3. The minimum absolute atomic E-state index is 0.00994. The molecule has 3 rings (SSSR count). The van der Waals surface area contributed by atoms with Crippen molar-refractivity contribution in [3.05, 3.63) is 64.5 Å². The van der Waals surface area contributed by atoms with Crippen LogP contribution in [0.4, 0.5) is 10.5 Å². The second-order valence-electron chi connectivity index (χ2n) is 6.17. The highest BCUT2D eigenvalue weighted by Crippen LogP contribution is 2.28. The molecule has 0 saturated carbocycles. The molecule has 1 fully saturated rings. The van der Waals surface area contributed by atoms with Crippen LogP contribution in [-0.4, -0.2) is 44.5 Å². The number of non-ortho nitro benzene ring substituents is 1. The summed E-state index contributed by atoms with van der Waals surface area (Å²) in [4.78, 5) is 29.6. The minimum Gasteiger partial charge on any atom is -0.445 e. The van der Waals surface area contributed by atoms with Gasteiger partial charge in [0.2, 0.25) is 0 Å². The van der Waals surface area contributed by atoms with Crippen LogP contribution in [0.25, 0.3) is 0 Å². The van der Waals surface area contributed by atoms with E-state index in [4.69, 9.17) is 4.74 Å². The summed E-state index contributed by atoms with van der Waals surface area (Å²) in [5, 5.41) is 10.8. The topological polar surface area (TPSA) is 85.6 Å². The average Bonchev–Trinajstić information content (AvgIpc) is 3.06. The molecule has 1 amide bonds. The van der Waals surface area contributed by atoms with Gasteiger partial charge in [-0.2, -0.15) is 12.6 Å². The zero-order valence-corrected chi connectivity index (χ0v) is 16.1. The summed E-state index contributed by atoms with van der Waals surface area (Å²) in [6, 6.07) is 9.91. The van der Waals surface area contributed by atoms with Crippen LogP contribution >= 0.6 is 24.4 Å². The summed E-state index contributed by atoms with van der Waals surface area (Å²) < 4.78 is 5.41. The molecular weight excluding hydrogens is 386 g/mol. The van der Waals surface area contributed by atoms with E-state index in [1.807, 2.05) is 12.1 Å². The molecule has 1 aliphatic rings. The molecule has 0 aliphatic carbocycles. The Labute approximate surface area is 166 Å². The number of aromatic nitrogens is 1. The largest absolute Gasteiger partial charge is 0.445 e. The number of likely N-dealkylation sites (tertiary alicyclic amines) is 1. The zero-order chi connectivity index (χ0) is 19.2. The number of nitro benzene ring substituents is 1. The second-order valence-corrected chi connectivity index (χ2v) is 7.99. The van der Waals surface area contributed by atoms with Gasteiger partial charge in [-0.3, -0.25) is 15.1 Å². The fraction of sp³-hybridized carbons (Fsp3) is 0.333. The molecule has 142 valence electrons. The number of benzene rings is 1. The number of carbonyl (C=O) groups excluding carboxylic acids is 1. The van der Waals surface area contributed by atoms with Crippen LogP contribution in [0.3, 0.4) is 0 Å². The van der Waals surface area contributed by atoms with Gasteiger partial charge in [-0.1, -0.05) is 0 Å². The van der Waals surface area contributed by atoms with E-state index in [2.05, 4.69) is 17.6 Å². The van der Waals surface area contributed by atoms with Crippen LogP contribution in [-0.2, 0) is 11.3 Å². The van der Waals surface area contributed by atoms with Crippen molar-refractivity contribution in [3.63, 3.8) is 0 Å². The van der Waals surface area contributed by atoms with Gasteiger partial charge in [0.05, 0.1) is 4.92 Å². The van der Waals surface area contributed by atoms with Gasteiger partial charge >= 0.3 is 6.09 Å². The number of thioether (sulfide) groups is 1. The van der Waals surface area contributed by atoms with E-state index in [0.29, 0.717) is 12.1 Å². The Hall–Kier alpha value is -2.26. The lowest BCUT2D eigenvalue weighted by molar-refractivity contribution is -0.384. The Balaban J connectivity index is 1.54. The molecule has 2 heterocycles. The molecule has 0 radical (unpaired) electrons. The molecule has 2 atom stereocenters. The predicted molar refractivity (Wildman–Crippen MR) is 106 cm³/mol. The van der Waals surface area contributed by atoms with E-state index in [-0.39, 0.29) is 29.7 Å². The van der Waals surface area contributed by atoms with Gasteiger partial charge in [0.15, 0.2) is 0 Å². The first-order valence-corrected chi connectivity index (χ1v) is 9.91. The Morgan fingerprint density at radius 2 is 2.00 bits per heavy atom. The lowest BCUT2D eigenvalue weighted by Crippen LogP contribution is -2.37. The highest BCUT2D eigenvalue weighted by molar-refractivity contribution is 7.99. The maximum atomic E-state index is 12.5. The van der Waals surface area contributed by atoms with Crippen LogP contribution < -0.4 is 0 Å². The van der Waals surface area contributed by atoms with Gasteiger partial charge in [0.1, 0.15) is 6.61 Å². The number of nitro groups is 1. The summed E-state index contributed by atoms with van der Waals surface area (Å²) in [6.45, 7) is 0.624. The van der Waals surface area contributed by atoms with Gasteiger partial charge in [-0.15, -0.1) is 11.8 Å². The average molecular weight is 406 g/mol. The van der Waals surface area contributed by atoms with Gasteiger partial charge in [-0.05, 0) is 36.2 Å². The monoisotopic (exact) mass is 405 g/mol. The van der Waals surface area contributed by atoms with Crippen molar-refractivity contribution in [2.24, 2.45) is 0 Å². The molecule has 2 aromatic rings. The summed E-state index contributed by atoms with van der Waals surface area (Å²) in [7, 11) is 0. The van der Waals surface area contributed by atoms with Crippen molar-refractivity contribution < 1.29 is 14.5 Å². The number of pyridine rings is 1. The molecule has 1 aliphatic heterocycles. The van der Waals surface area contributed by atoms with Crippen molar-refractivity contribution in [2.75, 3.05) is 12.3 Å². The third-order valence-electron chi connectivity index (χ3n) is 4.23. The molecule has 1 aromatic carbocycles. The van der Waals surface area contributed by atoms with Crippen molar-refractivity contribution in [3.8, 4) is 0 Å². The summed E-state index contributed by atoms with van der Waals surface area (Å²) in [5.41, 5.74) is 0.717. The number of carbonyl (C=O) groups is 1. The standard InChI is InChI=1S/C18H19N3O4S2/c22-18(25-11-13-1-3-14(4-2-13)21(23)24)20-10-16(26)9-15(20)12-27-17-5-7-19-8-6-17/h1-8,15-16,26H,9-12H2/t15-,16-/m0/s1. The molecule has 27 heavy (non-hydrogen) atoms. The molecule has 0 N–H and O–H groups in total. The Bertz CT molecular complexity index is 789. The number of rotatable bonds is 6. The Morgan fingerprint density at radius 3 is 2.67 bits per heavy atom. The first-order chi connectivity index (χ1) is 13.0. The SMILES string of the molecule is O=C(OCc1ccc([N+](=O)[O-])cc1)N1C[C@@H](S)C[C@H]1CSc1ccncc1. The number of hydrogen-bond donors (Lipinski definition) is 1. The molecule has 0 unspecified atom stereocenters. The lowest BCUT2D eigenvalue weighted by Gasteiger charge is -2.23. The zero-order valence-electron chi connectivity index (χ0n) is 14.4. The predicted octanol–water partition coefficient (Wildman–Crippen LogP) is 3.79. The maximum absolute atomic E-state index is 12.5. The lowest BCUT2D eigenvalue weighted by atomic mass is 10.2. The van der Waals surface area contributed by atoms with Crippen LogP contribution in [0.5, 0.6) is 0 Å². The first kappa shape index (κ1) is 19.5. The normalized spacial score (nSPS) is 19.1. The van der Waals surface area contributed by atoms with Crippen molar-refractivity contribution >= 4 is 36.2 Å². The quantitative estimate of drug-likeness (QED) is 0.341. The molecule has 9 heteroatoms. The third kappa shape index (κ3) is 5.36. The number of amides is 1. The molecule has 0 bridgehead atoms. The second kappa shape index (κ2) is 9.09. The highest BCUT2D eigenvalue weighted by Gasteiger charge is 2.34. The van der Waals surface area contributed by atoms with Crippen molar-refractivity contribution in [1.82, 2.24) is 9.88 Å².